The number of fused-ring (bicyclic) bond motifs is 2. The minimum Gasteiger partial charge on any atom is -0.465 e. The van der Waals surface area contributed by atoms with Gasteiger partial charge in [0.1, 0.15) is 22.5 Å². The molecule has 1 atom stereocenters. The van der Waals surface area contributed by atoms with Crippen molar-refractivity contribution < 1.29 is 9.90 Å². The number of nitrogens with zero attached hydrogens (tertiary/aromatic N) is 5. The van der Waals surface area contributed by atoms with Gasteiger partial charge in [-0.15, -0.1) is 11.3 Å². The molecule has 0 bridgehead atoms. The number of nitrogens with one attached hydrogen (secondary N) is 2. The second kappa shape index (κ2) is 8.91. The topological polar surface area (TPSA) is 135 Å². The summed E-state index contributed by atoms with van der Waals surface area (Å²) in [6, 6.07) is 4.94. The Bertz CT molecular complexity index is 1400. The summed E-state index contributed by atoms with van der Waals surface area (Å²) in [6.45, 7) is 0.512. The van der Waals surface area contributed by atoms with Crippen molar-refractivity contribution in [3.8, 4) is 0 Å². The first kappa shape index (κ1) is 21.5. The third-order valence-corrected chi connectivity index (χ3v) is 6.64. The van der Waals surface area contributed by atoms with E-state index >= 15 is 0 Å². The molecule has 1 aliphatic rings. The fraction of sp³-hybridized carbons (Fsp3) is 0.333. The number of thiazole rings is 1. The predicted molar refractivity (Wildman–Crippen MR) is 126 cm³/mol. The lowest BCUT2D eigenvalue weighted by atomic mass is 10.1. The minimum atomic E-state index is -1.10. The van der Waals surface area contributed by atoms with Crippen LogP contribution in [0.15, 0.2) is 34.8 Å². The Balaban J connectivity index is 1.59. The number of rotatable bonds is 8. The smallest absolute Gasteiger partial charge is 0.404 e. The number of halogens is 1. The average Bonchev–Trinajstić information content (AvgIpc) is 3.51. The van der Waals surface area contributed by atoms with Crippen molar-refractivity contribution in [3.05, 3.63) is 51.2 Å². The lowest BCUT2D eigenvalue weighted by Crippen LogP contribution is -2.32. The molecule has 3 aromatic heterocycles. The van der Waals surface area contributed by atoms with Crippen molar-refractivity contribution in [3.63, 3.8) is 0 Å². The molecule has 1 unspecified atom stereocenters. The number of aromatic nitrogens is 5. The van der Waals surface area contributed by atoms with Gasteiger partial charge in [-0.1, -0.05) is 17.7 Å². The third kappa shape index (κ3) is 4.33. The van der Waals surface area contributed by atoms with E-state index in [1.54, 1.807) is 28.3 Å². The lowest BCUT2D eigenvalue weighted by Gasteiger charge is -2.23. The highest BCUT2D eigenvalue weighted by Gasteiger charge is 2.36. The van der Waals surface area contributed by atoms with Gasteiger partial charge in [-0.2, -0.15) is 0 Å². The molecule has 3 N–H and O–H groups in total. The van der Waals surface area contributed by atoms with Crippen LogP contribution in [0.2, 0.25) is 5.02 Å². The van der Waals surface area contributed by atoms with E-state index in [-0.39, 0.29) is 24.1 Å². The zero-order valence-electron chi connectivity index (χ0n) is 17.4. The van der Waals surface area contributed by atoms with Crippen molar-refractivity contribution in [2.75, 3.05) is 11.9 Å². The number of benzene rings is 1. The third-order valence-electron chi connectivity index (χ3n) is 5.60. The molecule has 0 radical (unpaired) electrons. The molecule has 33 heavy (non-hydrogen) atoms. The monoisotopic (exact) mass is 485 g/mol. The maximum atomic E-state index is 13.5. The molecular formula is C21H20ClN7O3S. The summed E-state index contributed by atoms with van der Waals surface area (Å²) in [6.07, 6.45) is 2.80. The van der Waals surface area contributed by atoms with E-state index in [0.29, 0.717) is 46.1 Å². The van der Waals surface area contributed by atoms with Gasteiger partial charge in [0.25, 0.3) is 5.56 Å². The summed E-state index contributed by atoms with van der Waals surface area (Å²) in [5, 5.41) is 15.4. The first-order valence-corrected chi connectivity index (χ1v) is 11.7. The number of carbonyl (C=O) groups is 1. The Morgan fingerprint density at radius 1 is 1.30 bits per heavy atom. The molecule has 1 aliphatic carbocycles. The summed E-state index contributed by atoms with van der Waals surface area (Å²) >= 11 is 7.77. The second-order valence-corrected chi connectivity index (χ2v) is 9.07. The minimum absolute atomic E-state index is 0.217. The fourth-order valence-electron chi connectivity index (χ4n) is 3.90. The van der Waals surface area contributed by atoms with E-state index in [0.717, 1.165) is 17.7 Å². The van der Waals surface area contributed by atoms with Crippen LogP contribution < -0.4 is 16.2 Å². The molecule has 1 amide bonds. The number of carboxylic acid groups (broad SMARTS) is 1. The Morgan fingerprint density at radius 3 is 2.94 bits per heavy atom. The summed E-state index contributed by atoms with van der Waals surface area (Å²) in [7, 11) is 0. The molecule has 4 aromatic rings. The summed E-state index contributed by atoms with van der Waals surface area (Å²) < 4.78 is 1.60. The van der Waals surface area contributed by atoms with Crippen LogP contribution in [0, 0.1) is 5.92 Å². The molecule has 170 valence electrons. The Hall–Kier alpha value is -3.31. The summed E-state index contributed by atoms with van der Waals surface area (Å²) in [4.78, 5) is 43.0. The van der Waals surface area contributed by atoms with Gasteiger partial charge in [-0.3, -0.25) is 9.36 Å². The molecule has 10 nitrogen and oxygen atoms in total. The highest BCUT2D eigenvalue weighted by atomic mass is 35.5. The van der Waals surface area contributed by atoms with E-state index in [1.807, 2.05) is 0 Å². The maximum absolute atomic E-state index is 13.5. The van der Waals surface area contributed by atoms with Crippen LogP contribution in [0.3, 0.4) is 0 Å². The van der Waals surface area contributed by atoms with Crippen molar-refractivity contribution in [1.29, 1.82) is 0 Å². The number of hydrogen-bond donors (Lipinski definition) is 3. The van der Waals surface area contributed by atoms with Crippen LogP contribution in [0.5, 0.6) is 0 Å². The number of amides is 1. The van der Waals surface area contributed by atoms with Gasteiger partial charge in [-0.05, 0) is 37.3 Å². The van der Waals surface area contributed by atoms with E-state index < -0.39 is 6.09 Å². The lowest BCUT2D eigenvalue weighted by molar-refractivity contribution is 0.194. The van der Waals surface area contributed by atoms with Crippen LogP contribution >= 0.6 is 22.9 Å². The van der Waals surface area contributed by atoms with Crippen molar-refractivity contribution in [1.82, 2.24) is 29.8 Å². The number of hydrogen-bond acceptors (Lipinski definition) is 8. The Labute approximate surface area is 196 Å². The standard InChI is InChI=1S/C21H20ClN7O3S/c22-12-3-1-4-13-14(12)20(30)29(8-2-7-23-21(31)32)18(27-13)15(11-5-6-11)28-17-16-19(25-9-24-17)33-10-26-16/h1,3-4,9-11,15,23H,2,5-8H2,(H,31,32)(H,24,25,28). The van der Waals surface area contributed by atoms with Crippen molar-refractivity contribution >= 4 is 56.1 Å². The van der Waals surface area contributed by atoms with Crippen molar-refractivity contribution in [2.45, 2.75) is 31.8 Å². The largest absolute Gasteiger partial charge is 0.465 e. The van der Waals surface area contributed by atoms with Crippen LogP contribution in [-0.2, 0) is 6.54 Å². The maximum Gasteiger partial charge on any atom is 0.404 e. The SMILES string of the molecule is O=C(O)NCCCn1c(C(Nc2ncnc3scnc23)C2CC2)nc2cccc(Cl)c2c1=O. The second-order valence-electron chi connectivity index (χ2n) is 7.83. The van der Waals surface area contributed by atoms with Gasteiger partial charge in [0.05, 0.1) is 27.5 Å². The first-order chi connectivity index (χ1) is 16.0. The van der Waals surface area contributed by atoms with E-state index in [2.05, 4.69) is 25.6 Å². The molecule has 0 spiro atoms. The van der Waals surface area contributed by atoms with E-state index in [9.17, 15) is 9.59 Å². The first-order valence-electron chi connectivity index (χ1n) is 10.5. The van der Waals surface area contributed by atoms with Crippen LogP contribution in [0.25, 0.3) is 21.3 Å². The Kier molecular flexibility index (Phi) is 5.81. The average molecular weight is 486 g/mol. The molecule has 5 rings (SSSR count). The summed E-state index contributed by atoms with van der Waals surface area (Å²) in [5.74, 6) is 1.45. The molecule has 0 saturated heterocycles. The van der Waals surface area contributed by atoms with Gasteiger partial charge in [0.2, 0.25) is 0 Å². The predicted octanol–water partition coefficient (Wildman–Crippen LogP) is 3.67. The van der Waals surface area contributed by atoms with Gasteiger partial charge in [0.15, 0.2) is 5.82 Å². The van der Waals surface area contributed by atoms with Crippen LogP contribution in [-0.4, -0.2) is 42.2 Å². The zero-order chi connectivity index (χ0) is 22.9. The molecule has 1 aromatic carbocycles. The normalized spacial score (nSPS) is 14.5. The molecule has 0 aliphatic heterocycles. The van der Waals surface area contributed by atoms with Crippen LogP contribution in [0.4, 0.5) is 10.6 Å². The molecular weight excluding hydrogens is 466 g/mol. The highest BCUT2D eigenvalue weighted by molar-refractivity contribution is 7.16. The quantitative estimate of drug-likeness (QED) is 0.322. The number of anilines is 1. The molecule has 12 heteroatoms. The van der Waals surface area contributed by atoms with Crippen LogP contribution in [0.1, 0.15) is 31.1 Å². The highest BCUT2D eigenvalue weighted by Crippen LogP contribution is 2.43. The zero-order valence-corrected chi connectivity index (χ0v) is 18.9. The van der Waals surface area contributed by atoms with Crippen molar-refractivity contribution in [2.24, 2.45) is 5.92 Å². The molecule has 1 fully saturated rings. The molecule has 3 heterocycles. The van der Waals surface area contributed by atoms with E-state index in [4.69, 9.17) is 21.7 Å². The van der Waals surface area contributed by atoms with Gasteiger partial charge >= 0.3 is 6.09 Å². The van der Waals surface area contributed by atoms with Gasteiger partial charge < -0.3 is 15.7 Å². The van der Waals surface area contributed by atoms with Gasteiger partial charge in [-0.25, -0.2) is 24.7 Å². The van der Waals surface area contributed by atoms with Gasteiger partial charge in [0, 0.05) is 13.1 Å². The summed E-state index contributed by atoms with van der Waals surface area (Å²) in [5.41, 5.74) is 2.68. The van der Waals surface area contributed by atoms with E-state index in [1.165, 1.54) is 17.7 Å². The fourth-order valence-corrected chi connectivity index (χ4v) is 4.77. The Morgan fingerprint density at radius 2 is 2.15 bits per heavy atom. The molecule has 1 saturated carbocycles.